The van der Waals surface area contributed by atoms with Gasteiger partial charge in [0.1, 0.15) is 23.4 Å². The van der Waals surface area contributed by atoms with Gasteiger partial charge < -0.3 is 19.9 Å². The largest absolute Gasteiger partial charge is 0.497 e. The van der Waals surface area contributed by atoms with Gasteiger partial charge in [-0.1, -0.05) is 48.5 Å². The summed E-state index contributed by atoms with van der Waals surface area (Å²) < 4.78 is 17.7. The van der Waals surface area contributed by atoms with E-state index in [9.17, 15) is 0 Å². The number of benzene rings is 4. The molecule has 0 radical (unpaired) electrons. The van der Waals surface area contributed by atoms with Crippen molar-refractivity contribution in [3.63, 3.8) is 0 Å². The number of para-hydroxylation sites is 1. The van der Waals surface area contributed by atoms with Gasteiger partial charge in [-0.2, -0.15) is 0 Å². The van der Waals surface area contributed by atoms with Crippen LogP contribution in [0.5, 0.6) is 17.2 Å². The van der Waals surface area contributed by atoms with Crippen molar-refractivity contribution in [1.29, 1.82) is 0 Å². The summed E-state index contributed by atoms with van der Waals surface area (Å²) in [5.74, 6) is 2.38. The van der Waals surface area contributed by atoms with Gasteiger partial charge in [-0.15, -0.1) is 0 Å². The second kappa shape index (κ2) is 7.73. The summed E-state index contributed by atoms with van der Waals surface area (Å²) in [6.07, 6.45) is -0.283. The van der Waals surface area contributed by atoms with Crippen LogP contribution >= 0.6 is 0 Å². The number of anilines is 1. The quantitative estimate of drug-likeness (QED) is 0.414. The Kier molecular flexibility index (Phi) is 4.75. The Morgan fingerprint density at radius 1 is 0.774 bits per heavy atom. The van der Waals surface area contributed by atoms with Gasteiger partial charge in [0.25, 0.3) is 0 Å². The van der Waals surface area contributed by atoms with Gasteiger partial charge >= 0.3 is 0 Å². The molecule has 0 bridgehead atoms. The zero-order valence-electron chi connectivity index (χ0n) is 17.5. The molecule has 1 unspecified atom stereocenters. The van der Waals surface area contributed by atoms with E-state index in [-0.39, 0.29) is 6.10 Å². The maximum Gasteiger partial charge on any atom is 0.150 e. The first kappa shape index (κ1) is 19.1. The van der Waals surface area contributed by atoms with Crippen molar-refractivity contribution in [2.24, 2.45) is 0 Å². The first-order valence-electron chi connectivity index (χ1n) is 10.2. The summed E-state index contributed by atoms with van der Waals surface area (Å²) in [5.41, 5.74) is 13.2. The van der Waals surface area contributed by atoms with E-state index in [1.165, 1.54) is 0 Å². The normalized spacial score (nSPS) is 14.2. The molecule has 0 aliphatic carbocycles. The third-order valence-electron chi connectivity index (χ3n) is 5.72. The topological polar surface area (TPSA) is 53.7 Å². The van der Waals surface area contributed by atoms with Crippen molar-refractivity contribution in [3.05, 3.63) is 96.1 Å². The number of fused-ring (bicyclic) bond motifs is 3. The van der Waals surface area contributed by atoms with Crippen LogP contribution in [-0.4, -0.2) is 14.2 Å². The smallest absolute Gasteiger partial charge is 0.150 e. The molecule has 4 aromatic rings. The third-order valence-corrected chi connectivity index (χ3v) is 5.72. The van der Waals surface area contributed by atoms with Crippen molar-refractivity contribution >= 4 is 5.69 Å². The number of nitrogen functional groups attached to an aromatic ring is 1. The maximum absolute atomic E-state index is 6.54. The second-order valence-corrected chi connectivity index (χ2v) is 7.50. The molecule has 0 saturated heterocycles. The maximum atomic E-state index is 6.54. The standard InChI is InChI=1S/C27H23NO3/c1-29-19-8-5-7-18(15-19)27-22-16-17(20-9-3-4-10-23(20)28)13-14-21(22)26-24(30-2)11-6-12-25(26)31-27/h3-16,27H,28H2,1-2H3. The summed E-state index contributed by atoms with van der Waals surface area (Å²) in [4.78, 5) is 0. The molecule has 4 aromatic carbocycles. The average molecular weight is 409 g/mol. The van der Waals surface area contributed by atoms with Crippen LogP contribution in [0.2, 0.25) is 0 Å². The van der Waals surface area contributed by atoms with E-state index in [2.05, 4.69) is 24.3 Å². The fourth-order valence-electron chi connectivity index (χ4n) is 4.22. The predicted molar refractivity (Wildman–Crippen MR) is 124 cm³/mol. The number of methoxy groups -OCH3 is 2. The molecule has 0 saturated carbocycles. The summed E-state index contributed by atoms with van der Waals surface area (Å²) in [6.45, 7) is 0. The van der Waals surface area contributed by atoms with Crippen LogP contribution < -0.4 is 19.9 Å². The van der Waals surface area contributed by atoms with E-state index in [1.54, 1.807) is 14.2 Å². The predicted octanol–water partition coefficient (Wildman–Crippen LogP) is 6.10. The molecule has 1 heterocycles. The Morgan fingerprint density at radius 2 is 1.61 bits per heavy atom. The molecule has 0 spiro atoms. The second-order valence-electron chi connectivity index (χ2n) is 7.50. The molecular formula is C27H23NO3. The summed E-state index contributed by atoms with van der Waals surface area (Å²) >= 11 is 0. The lowest BCUT2D eigenvalue weighted by Gasteiger charge is -2.31. The van der Waals surface area contributed by atoms with E-state index in [1.807, 2.05) is 60.7 Å². The molecule has 1 aliphatic heterocycles. The Balaban J connectivity index is 1.74. The van der Waals surface area contributed by atoms with Gasteiger partial charge in [0.15, 0.2) is 0 Å². The zero-order chi connectivity index (χ0) is 21.4. The highest BCUT2D eigenvalue weighted by molar-refractivity contribution is 5.85. The Bertz CT molecular complexity index is 1270. The first-order chi connectivity index (χ1) is 15.2. The number of ether oxygens (including phenoxy) is 3. The molecule has 154 valence electrons. The lowest BCUT2D eigenvalue weighted by atomic mass is 9.86. The molecule has 31 heavy (non-hydrogen) atoms. The van der Waals surface area contributed by atoms with E-state index in [0.29, 0.717) is 0 Å². The Hall–Kier alpha value is -3.92. The summed E-state index contributed by atoms with van der Waals surface area (Å²) in [6, 6.07) is 28.2. The fraction of sp³-hybridized carbons (Fsp3) is 0.111. The zero-order valence-corrected chi connectivity index (χ0v) is 17.5. The van der Waals surface area contributed by atoms with Crippen molar-refractivity contribution in [1.82, 2.24) is 0 Å². The van der Waals surface area contributed by atoms with Gasteiger partial charge in [-0.05, 0) is 47.5 Å². The minimum Gasteiger partial charge on any atom is -0.497 e. The van der Waals surface area contributed by atoms with Crippen LogP contribution in [0.1, 0.15) is 17.2 Å². The van der Waals surface area contributed by atoms with Gasteiger partial charge in [-0.25, -0.2) is 0 Å². The third kappa shape index (κ3) is 3.26. The average Bonchev–Trinajstić information content (AvgIpc) is 2.83. The van der Waals surface area contributed by atoms with E-state index < -0.39 is 0 Å². The number of nitrogens with two attached hydrogens (primary N) is 1. The van der Waals surface area contributed by atoms with Gasteiger partial charge in [0, 0.05) is 22.4 Å². The molecule has 4 nitrogen and oxygen atoms in total. The highest BCUT2D eigenvalue weighted by Gasteiger charge is 2.30. The highest BCUT2D eigenvalue weighted by atomic mass is 16.5. The Labute approximate surface area is 181 Å². The molecular weight excluding hydrogens is 386 g/mol. The fourth-order valence-corrected chi connectivity index (χ4v) is 4.22. The SMILES string of the molecule is COc1cccc(C2Oc3cccc(OC)c3-c3ccc(-c4ccccc4N)cc32)c1. The van der Waals surface area contributed by atoms with Crippen LogP contribution in [0, 0.1) is 0 Å². The molecule has 5 rings (SSSR count). The van der Waals surface area contributed by atoms with E-state index >= 15 is 0 Å². The van der Waals surface area contributed by atoms with Crippen LogP contribution in [0.25, 0.3) is 22.3 Å². The molecule has 4 heteroatoms. The van der Waals surface area contributed by atoms with Gasteiger partial charge in [-0.3, -0.25) is 0 Å². The first-order valence-corrected chi connectivity index (χ1v) is 10.2. The molecule has 0 amide bonds. The molecule has 1 aliphatic rings. The lowest BCUT2D eigenvalue weighted by Crippen LogP contribution is -2.16. The minimum absolute atomic E-state index is 0.283. The molecule has 2 N–H and O–H groups in total. The van der Waals surface area contributed by atoms with Crippen molar-refractivity contribution in [2.45, 2.75) is 6.10 Å². The molecule has 0 fully saturated rings. The van der Waals surface area contributed by atoms with Crippen LogP contribution in [0.15, 0.2) is 84.9 Å². The summed E-state index contributed by atoms with van der Waals surface area (Å²) in [5, 5.41) is 0. The van der Waals surface area contributed by atoms with Crippen molar-refractivity contribution in [3.8, 4) is 39.5 Å². The number of rotatable bonds is 4. The molecule has 0 aromatic heterocycles. The van der Waals surface area contributed by atoms with Crippen LogP contribution in [-0.2, 0) is 0 Å². The van der Waals surface area contributed by atoms with Crippen molar-refractivity contribution in [2.75, 3.05) is 20.0 Å². The van der Waals surface area contributed by atoms with Gasteiger partial charge in [0.05, 0.1) is 19.8 Å². The monoisotopic (exact) mass is 409 g/mol. The van der Waals surface area contributed by atoms with Crippen LogP contribution in [0.3, 0.4) is 0 Å². The summed E-state index contributed by atoms with van der Waals surface area (Å²) in [7, 11) is 3.35. The van der Waals surface area contributed by atoms with E-state index in [0.717, 1.165) is 56.3 Å². The lowest BCUT2D eigenvalue weighted by molar-refractivity contribution is 0.241. The number of hydrogen-bond acceptors (Lipinski definition) is 4. The van der Waals surface area contributed by atoms with Crippen LogP contribution in [0.4, 0.5) is 5.69 Å². The highest BCUT2D eigenvalue weighted by Crippen LogP contribution is 2.50. The molecule has 1 atom stereocenters. The van der Waals surface area contributed by atoms with E-state index in [4.69, 9.17) is 19.9 Å². The minimum atomic E-state index is -0.283. The number of hydrogen-bond donors (Lipinski definition) is 1. The Morgan fingerprint density at radius 3 is 2.42 bits per heavy atom. The van der Waals surface area contributed by atoms with Crippen molar-refractivity contribution < 1.29 is 14.2 Å². The van der Waals surface area contributed by atoms with Gasteiger partial charge in [0.2, 0.25) is 0 Å².